The van der Waals surface area contributed by atoms with E-state index in [1.54, 1.807) is 64.9 Å². The summed E-state index contributed by atoms with van der Waals surface area (Å²) in [5, 5.41) is 43.9. The van der Waals surface area contributed by atoms with Gasteiger partial charge in [0.1, 0.15) is 23.0 Å². The summed E-state index contributed by atoms with van der Waals surface area (Å²) in [7, 11) is -14.5. The van der Waals surface area contributed by atoms with Crippen molar-refractivity contribution in [2.45, 2.75) is 96.9 Å². The molecule has 0 unspecified atom stereocenters. The molecule has 10 aromatic rings. The molecule has 0 aliphatic rings. The first-order valence-corrected chi connectivity index (χ1v) is 35.6. The fourth-order valence-corrected chi connectivity index (χ4v) is 10.2. The first-order valence-electron chi connectivity index (χ1n) is 31.5. The predicted octanol–water partition coefficient (Wildman–Crippen LogP) is 25.5. The van der Waals surface area contributed by atoms with Gasteiger partial charge >= 0.3 is 85.5 Å². The van der Waals surface area contributed by atoms with E-state index in [9.17, 15) is 50.4 Å². The summed E-state index contributed by atoms with van der Waals surface area (Å²) in [4.78, 5) is 28.7. The predicted molar refractivity (Wildman–Crippen MR) is 402 cm³/mol. The quantitative estimate of drug-likeness (QED) is 0.0625. The molecule has 0 aliphatic heterocycles. The number of methoxy groups -OCH3 is 4. The van der Waals surface area contributed by atoms with Gasteiger partial charge in [0.25, 0.3) is 0 Å². The molecular weight excluding hydrogens is 1560 g/mol. The number of rotatable bonds is 12. The van der Waals surface area contributed by atoms with E-state index >= 15 is 0 Å². The first kappa shape index (κ1) is 97.6. The molecule has 109 heavy (non-hydrogen) atoms. The van der Waals surface area contributed by atoms with Crippen molar-refractivity contribution in [1.29, 1.82) is 31.6 Å². The van der Waals surface area contributed by atoms with Crippen LogP contribution in [0.5, 0.6) is 23.0 Å². The van der Waals surface area contributed by atoms with E-state index < -0.39 is 15.6 Å². The minimum atomic E-state index is -10.7. The molecule has 31 heteroatoms. The van der Waals surface area contributed by atoms with Crippen molar-refractivity contribution >= 4 is 15.6 Å². The molecule has 0 spiro atoms. The zero-order chi connectivity index (χ0) is 82.7. The molecule has 0 fully saturated rings. The molecule has 0 bridgehead atoms. The Kier molecular flexibility index (Phi) is 37.8. The van der Waals surface area contributed by atoms with Gasteiger partial charge in [-0.2, -0.15) is 31.6 Å². The van der Waals surface area contributed by atoms with Crippen molar-refractivity contribution < 1.29 is 88.8 Å². The molecule has 0 amide bonds. The largest absolute Gasteiger partial charge is 2.00 e. The van der Waals surface area contributed by atoms with E-state index in [0.717, 1.165) is 135 Å². The molecule has 6 heterocycles. The van der Waals surface area contributed by atoms with Crippen LogP contribution in [0, 0.1) is 123 Å². The number of aryl methyl sites for hydroxylation is 8. The van der Waals surface area contributed by atoms with Gasteiger partial charge in [-0.15, -0.1) is 0 Å². The Morgan fingerprint density at radius 3 is 0.514 bits per heavy atom. The Balaban J connectivity index is 0.00000153. The Hall–Kier alpha value is -11.4. The molecule has 0 saturated heterocycles. The standard InChI is InChI=1S/2C33H31N3O2.6C2H3N.2F6P.Ru/c2*1-20-14-26(37-5)15-21(2)32(20)24-10-12-28(34-18-24)30-8-7-9-31(36-30)29-13-11-25(19-35-29)33-22(3)16-27(38-6)17-23(33)4;6*1-2-3;2*1-7(2,3,4,5)6;/h2*7-19H,1-6H3;6*1H3;;;/q;;;;;;;;2*-1;+2. The normalized spacial score (nSPS) is 11.0. The van der Waals surface area contributed by atoms with Gasteiger partial charge < -0.3 is 18.9 Å². The summed E-state index contributed by atoms with van der Waals surface area (Å²) in [5.41, 5.74) is 24.8. The zero-order valence-electron chi connectivity index (χ0n) is 62.8. The number of hydrogen-bond donors (Lipinski definition) is 0. The molecule has 0 N–H and O–H groups in total. The first-order chi connectivity index (χ1) is 50.1. The third-order valence-corrected chi connectivity index (χ3v) is 13.7. The monoisotopic (exact) mass is 1640 g/mol. The maximum Gasteiger partial charge on any atom is 2.00 e. The molecule has 0 radical (unpaired) electrons. The fraction of sp³-hybridized carbons (Fsp3) is 0.231. The van der Waals surface area contributed by atoms with Crippen LogP contribution < -0.4 is 18.9 Å². The SMILES string of the molecule is CC#N.CC#N.CC#N.CC#N.CC#N.CC#N.COc1cc(C)c(-c2ccc(-c3cccc(-c4ccc(-c5c(C)cc(OC)cc5C)cn4)n3)nc2)c(C)c1.COc1cc(C)c(-c2ccc(-c3cccc(-c4ccc(-c5c(C)cc(OC)cc5C)cn4)n3)nc2)c(C)c1.F[P-](F)(F)(F)(F)F.F[P-](F)(F)(F)(F)F.[Ru+2]. The number of hydrogen-bond acceptors (Lipinski definition) is 16. The van der Waals surface area contributed by atoms with E-state index in [2.05, 4.69) is 128 Å². The van der Waals surface area contributed by atoms with Crippen molar-refractivity contribution in [3.63, 3.8) is 0 Å². The molecule has 0 atom stereocenters. The Bertz CT molecular complexity index is 4200. The van der Waals surface area contributed by atoms with Crippen molar-refractivity contribution in [1.82, 2.24) is 29.9 Å². The second kappa shape index (κ2) is 42.2. The van der Waals surface area contributed by atoms with Gasteiger partial charge in [0, 0.05) is 88.6 Å². The van der Waals surface area contributed by atoms with E-state index in [1.807, 2.05) is 85.5 Å². The molecule has 4 aromatic carbocycles. The van der Waals surface area contributed by atoms with Gasteiger partial charge in [0.2, 0.25) is 0 Å². The van der Waals surface area contributed by atoms with Gasteiger partial charge in [-0.1, -0.05) is 36.4 Å². The number of benzene rings is 4. The number of pyridine rings is 6. The van der Waals surface area contributed by atoms with Gasteiger partial charge in [0.05, 0.1) is 110 Å². The average Bonchev–Trinajstić information content (AvgIpc) is 0.802. The van der Waals surface area contributed by atoms with Crippen LogP contribution in [0.25, 0.3) is 90.1 Å². The zero-order valence-corrected chi connectivity index (χ0v) is 66.3. The smallest absolute Gasteiger partial charge is 2.00 e. The third-order valence-electron chi connectivity index (χ3n) is 13.7. The van der Waals surface area contributed by atoms with Crippen molar-refractivity contribution in [3.8, 4) is 149 Å². The van der Waals surface area contributed by atoms with Crippen LogP contribution in [-0.2, 0) is 19.5 Å². The number of ether oxygens (including phenoxy) is 4. The molecule has 0 aliphatic carbocycles. The van der Waals surface area contributed by atoms with Crippen molar-refractivity contribution in [3.05, 3.63) is 203 Å². The molecule has 0 saturated carbocycles. The Morgan fingerprint density at radius 2 is 0.404 bits per heavy atom. The summed E-state index contributed by atoms with van der Waals surface area (Å²) in [5.74, 6) is 3.46. The molecule has 10 rings (SSSR count). The Morgan fingerprint density at radius 1 is 0.266 bits per heavy atom. The van der Waals surface area contributed by atoms with Crippen LogP contribution in [0.2, 0.25) is 0 Å². The topological polar surface area (TPSA) is 257 Å². The number of nitrogens with zero attached hydrogens (tertiary/aromatic N) is 12. The van der Waals surface area contributed by atoms with Crippen LogP contribution in [0.3, 0.4) is 0 Å². The molecule has 578 valence electrons. The van der Waals surface area contributed by atoms with E-state index in [0.29, 0.717) is 0 Å². The molecule has 6 aromatic heterocycles. The summed E-state index contributed by atoms with van der Waals surface area (Å²) >= 11 is 0. The van der Waals surface area contributed by atoms with Crippen LogP contribution >= 0.6 is 15.6 Å². The van der Waals surface area contributed by atoms with Gasteiger partial charge in [0.15, 0.2) is 0 Å². The number of halogens is 12. The van der Waals surface area contributed by atoms with Crippen LogP contribution in [0.1, 0.15) is 86.1 Å². The van der Waals surface area contributed by atoms with Crippen LogP contribution in [0.15, 0.2) is 158 Å². The second-order valence-corrected chi connectivity index (χ2v) is 26.2. The maximum atomic E-state index is 9.87. The van der Waals surface area contributed by atoms with Crippen molar-refractivity contribution in [2.75, 3.05) is 28.4 Å². The van der Waals surface area contributed by atoms with Crippen LogP contribution in [0.4, 0.5) is 50.4 Å². The van der Waals surface area contributed by atoms with E-state index in [-0.39, 0.29) is 19.5 Å². The minimum Gasteiger partial charge on any atom is 2.00 e. The number of nitriles is 6. The van der Waals surface area contributed by atoms with Gasteiger partial charge in [-0.3, -0.25) is 19.9 Å². The third kappa shape index (κ3) is 37.1. The van der Waals surface area contributed by atoms with E-state index in [1.165, 1.54) is 63.8 Å². The second-order valence-electron chi connectivity index (χ2n) is 22.3. The fourth-order valence-electron chi connectivity index (χ4n) is 10.2. The molecular formula is C78H80F12N12O4P2Ru. The maximum absolute atomic E-state index is 10.7. The minimum absolute atomic E-state index is 0. The average molecular weight is 1640 g/mol. The van der Waals surface area contributed by atoms with Gasteiger partial charge in [-0.25, -0.2) is 9.97 Å². The summed E-state index contributed by atoms with van der Waals surface area (Å²) in [6, 6.07) is 55.3. The molecule has 16 nitrogen and oxygen atoms in total. The Labute approximate surface area is 640 Å². The van der Waals surface area contributed by atoms with Crippen LogP contribution in [-0.4, -0.2) is 58.3 Å². The summed E-state index contributed by atoms with van der Waals surface area (Å²) in [6.45, 7) is 25.4. The van der Waals surface area contributed by atoms with Gasteiger partial charge in [-0.05, 0) is 219 Å². The number of aromatic nitrogens is 6. The van der Waals surface area contributed by atoms with E-state index in [4.69, 9.17) is 80.4 Å². The van der Waals surface area contributed by atoms with Crippen molar-refractivity contribution in [2.24, 2.45) is 0 Å². The summed E-state index contributed by atoms with van der Waals surface area (Å²) in [6.07, 6.45) is 7.66. The summed E-state index contributed by atoms with van der Waals surface area (Å²) < 4.78 is 140.